The monoisotopic (exact) mass is 322 g/mol. The van der Waals surface area contributed by atoms with Crippen LogP contribution in [0.1, 0.15) is 6.92 Å². The fourth-order valence-corrected chi connectivity index (χ4v) is 1.57. The van der Waals surface area contributed by atoms with E-state index >= 15 is 0 Å². The first-order chi connectivity index (χ1) is 6.50. The summed E-state index contributed by atoms with van der Waals surface area (Å²) in [5.74, 6) is 0.0535. The molecule has 0 aliphatic rings. The maximum Gasteiger partial charge on any atom is 0.242 e. The van der Waals surface area contributed by atoms with Gasteiger partial charge in [-0.05, 0) is 38.8 Å². The van der Waals surface area contributed by atoms with Gasteiger partial charge in [0.25, 0.3) is 0 Å². The molecule has 1 amide bonds. The Morgan fingerprint density at radius 3 is 2.79 bits per heavy atom. The van der Waals surface area contributed by atoms with E-state index in [0.717, 1.165) is 0 Å². The van der Waals surface area contributed by atoms with Gasteiger partial charge < -0.3 is 11.1 Å². The van der Waals surface area contributed by atoms with Crippen LogP contribution in [0.3, 0.4) is 0 Å². The number of aromatic nitrogens is 2. The summed E-state index contributed by atoms with van der Waals surface area (Å²) in [5, 5.41) is 2.53. The molecule has 1 aromatic heterocycles. The Bertz CT molecular complexity index is 356. The minimum absolute atomic E-state index is 0.303. The molecule has 1 atom stereocenters. The van der Waals surface area contributed by atoms with Crippen LogP contribution in [-0.4, -0.2) is 21.9 Å². The van der Waals surface area contributed by atoms with Crippen molar-refractivity contribution in [1.29, 1.82) is 0 Å². The Morgan fingerprint density at radius 2 is 2.29 bits per heavy atom. The summed E-state index contributed by atoms with van der Waals surface area (Å²) in [6.07, 6.45) is 1.49. The lowest BCUT2D eigenvalue weighted by Crippen LogP contribution is -2.32. The van der Waals surface area contributed by atoms with E-state index in [4.69, 9.17) is 5.73 Å². The second-order valence-corrected chi connectivity index (χ2v) is 4.17. The van der Waals surface area contributed by atoms with E-state index < -0.39 is 6.04 Å². The first-order valence-electron chi connectivity index (χ1n) is 3.75. The van der Waals surface area contributed by atoms with Crippen LogP contribution in [0.25, 0.3) is 0 Å². The number of nitrogens with zero attached hydrogens (tertiary/aromatic N) is 2. The predicted molar refractivity (Wildman–Crippen MR) is 59.7 cm³/mol. The van der Waals surface area contributed by atoms with Gasteiger partial charge in [0.15, 0.2) is 5.82 Å². The van der Waals surface area contributed by atoms with Gasteiger partial charge in [0.2, 0.25) is 5.91 Å². The van der Waals surface area contributed by atoms with E-state index in [1.165, 1.54) is 6.20 Å². The zero-order chi connectivity index (χ0) is 10.7. The van der Waals surface area contributed by atoms with E-state index in [1.807, 2.05) is 0 Å². The summed E-state index contributed by atoms with van der Waals surface area (Å²) in [6, 6.07) is -0.577. The van der Waals surface area contributed by atoms with Crippen LogP contribution in [0.2, 0.25) is 0 Å². The van der Waals surface area contributed by atoms with E-state index in [2.05, 4.69) is 47.1 Å². The van der Waals surface area contributed by atoms with Crippen molar-refractivity contribution >= 4 is 43.6 Å². The first-order valence-corrected chi connectivity index (χ1v) is 5.34. The van der Waals surface area contributed by atoms with Crippen LogP contribution in [-0.2, 0) is 4.79 Å². The summed E-state index contributed by atoms with van der Waals surface area (Å²) in [4.78, 5) is 19.2. The number of nitrogens with one attached hydrogen (secondary N) is 1. The molecule has 0 aliphatic heterocycles. The van der Waals surface area contributed by atoms with Gasteiger partial charge in [-0.25, -0.2) is 9.97 Å². The summed E-state index contributed by atoms with van der Waals surface area (Å²) in [6.45, 7) is 1.59. The standard InChI is InChI=1S/C7H8Br2N4O/c1-3(10)7(14)13-6-5(9)12-4(8)2-11-6/h2-3H,10H2,1H3,(H,11,13,14). The van der Waals surface area contributed by atoms with Gasteiger partial charge >= 0.3 is 0 Å². The van der Waals surface area contributed by atoms with Crippen LogP contribution < -0.4 is 11.1 Å². The average Bonchev–Trinajstić information content (AvgIpc) is 2.09. The fourth-order valence-electron chi connectivity index (χ4n) is 0.661. The van der Waals surface area contributed by atoms with Crippen LogP contribution in [0.5, 0.6) is 0 Å². The number of nitrogens with two attached hydrogens (primary N) is 1. The topological polar surface area (TPSA) is 80.9 Å². The Hall–Kier alpha value is -0.530. The molecule has 0 saturated heterocycles. The molecule has 0 aliphatic carbocycles. The van der Waals surface area contributed by atoms with Crippen molar-refractivity contribution in [2.45, 2.75) is 13.0 Å². The number of rotatable bonds is 2. The lowest BCUT2D eigenvalue weighted by molar-refractivity contribution is -0.117. The molecule has 0 fully saturated rings. The molecule has 1 unspecified atom stereocenters. The third-order valence-corrected chi connectivity index (χ3v) is 2.29. The van der Waals surface area contributed by atoms with E-state index in [-0.39, 0.29) is 5.91 Å². The number of halogens is 2. The van der Waals surface area contributed by atoms with Gasteiger partial charge in [0.05, 0.1) is 12.2 Å². The van der Waals surface area contributed by atoms with Crippen molar-refractivity contribution in [2.24, 2.45) is 5.73 Å². The molecule has 1 rings (SSSR count). The summed E-state index contributed by atoms with van der Waals surface area (Å²) in [5.41, 5.74) is 5.38. The van der Waals surface area contributed by atoms with Gasteiger partial charge in [0, 0.05) is 0 Å². The Labute approximate surface area is 97.8 Å². The van der Waals surface area contributed by atoms with E-state index in [1.54, 1.807) is 6.92 Å². The highest BCUT2D eigenvalue weighted by Crippen LogP contribution is 2.19. The lowest BCUT2D eigenvalue weighted by atomic mass is 10.3. The maximum absolute atomic E-state index is 11.2. The smallest absolute Gasteiger partial charge is 0.242 e. The predicted octanol–water partition coefficient (Wildman–Crippen LogP) is 1.29. The largest absolute Gasteiger partial charge is 0.320 e. The average molecular weight is 324 g/mol. The third-order valence-electron chi connectivity index (χ3n) is 1.36. The van der Waals surface area contributed by atoms with E-state index in [0.29, 0.717) is 15.0 Å². The maximum atomic E-state index is 11.2. The molecule has 14 heavy (non-hydrogen) atoms. The molecule has 1 aromatic rings. The first kappa shape index (κ1) is 11.5. The molecule has 0 saturated carbocycles. The van der Waals surface area contributed by atoms with Crippen molar-refractivity contribution in [3.05, 3.63) is 15.4 Å². The zero-order valence-electron chi connectivity index (χ0n) is 7.29. The molecule has 7 heteroatoms. The normalized spacial score (nSPS) is 12.3. The number of hydrogen-bond donors (Lipinski definition) is 2. The quantitative estimate of drug-likeness (QED) is 0.859. The van der Waals surface area contributed by atoms with Crippen molar-refractivity contribution in [3.8, 4) is 0 Å². The molecule has 0 spiro atoms. The number of amides is 1. The number of carbonyl (C=O) groups excluding carboxylic acids is 1. The van der Waals surface area contributed by atoms with Gasteiger partial charge in [0.1, 0.15) is 9.21 Å². The number of hydrogen-bond acceptors (Lipinski definition) is 4. The summed E-state index contributed by atoms with van der Waals surface area (Å²) < 4.78 is 1.05. The fraction of sp³-hybridized carbons (Fsp3) is 0.286. The Kier molecular flexibility index (Phi) is 3.97. The molecule has 76 valence electrons. The van der Waals surface area contributed by atoms with Gasteiger partial charge in [-0.2, -0.15) is 0 Å². The molecule has 5 nitrogen and oxygen atoms in total. The molecule has 0 radical (unpaired) electrons. The van der Waals surface area contributed by atoms with E-state index in [9.17, 15) is 4.79 Å². The molecular formula is C7H8Br2N4O. The number of anilines is 1. The van der Waals surface area contributed by atoms with Crippen molar-refractivity contribution in [1.82, 2.24) is 9.97 Å². The molecule has 0 bridgehead atoms. The van der Waals surface area contributed by atoms with Crippen molar-refractivity contribution in [3.63, 3.8) is 0 Å². The van der Waals surface area contributed by atoms with Crippen molar-refractivity contribution < 1.29 is 4.79 Å². The molecule has 3 N–H and O–H groups in total. The highest BCUT2D eigenvalue weighted by molar-refractivity contribution is 9.11. The molecule has 1 heterocycles. The summed E-state index contributed by atoms with van der Waals surface area (Å²) >= 11 is 6.32. The van der Waals surface area contributed by atoms with Gasteiger partial charge in [-0.15, -0.1) is 0 Å². The van der Waals surface area contributed by atoms with Crippen LogP contribution in [0.4, 0.5) is 5.82 Å². The second-order valence-electron chi connectivity index (χ2n) is 2.61. The Morgan fingerprint density at radius 1 is 1.64 bits per heavy atom. The minimum Gasteiger partial charge on any atom is -0.320 e. The highest BCUT2D eigenvalue weighted by Gasteiger charge is 2.11. The van der Waals surface area contributed by atoms with Gasteiger partial charge in [-0.1, -0.05) is 0 Å². The Balaban J connectivity index is 2.82. The van der Waals surface area contributed by atoms with Crippen LogP contribution in [0.15, 0.2) is 15.4 Å². The third kappa shape index (κ3) is 3.00. The van der Waals surface area contributed by atoms with Gasteiger partial charge in [-0.3, -0.25) is 4.79 Å². The van der Waals surface area contributed by atoms with Crippen LogP contribution in [0, 0.1) is 0 Å². The molecular weight excluding hydrogens is 316 g/mol. The minimum atomic E-state index is -0.577. The van der Waals surface area contributed by atoms with Crippen molar-refractivity contribution in [2.75, 3.05) is 5.32 Å². The summed E-state index contributed by atoms with van der Waals surface area (Å²) in [7, 11) is 0. The SMILES string of the molecule is CC(N)C(=O)Nc1ncc(Br)nc1Br. The number of carbonyl (C=O) groups is 1. The molecule has 0 aromatic carbocycles. The second kappa shape index (κ2) is 4.81. The van der Waals surface area contributed by atoms with Crippen LogP contribution >= 0.6 is 31.9 Å². The lowest BCUT2D eigenvalue weighted by Gasteiger charge is -2.07. The highest BCUT2D eigenvalue weighted by atomic mass is 79.9. The zero-order valence-corrected chi connectivity index (χ0v) is 10.5.